The first-order chi connectivity index (χ1) is 12.9. The SMILES string of the molecule is O=C(c1c(Nc2ccc(I)cc2F)c(F)c(=O)n2c1CCC2)N1CC(O)C1. The highest BCUT2D eigenvalue weighted by molar-refractivity contribution is 14.1. The molecule has 0 radical (unpaired) electrons. The number of nitrogens with one attached hydrogen (secondary N) is 1. The highest BCUT2D eigenvalue weighted by atomic mass is 127. The van der Waals surface area contributed by atoms with E-state index >= 15 is 0 Å². The average molecular weight is 487 g/mol. The molecule has 0 unspecified atom stereocenters. The third-order valence-corrected chi connectivity index (χ3v) is 5.54. The highest BCUT2D eigenvalue weighted by Crippen LogP contribution is 2.32. The van der Waals surface area contributed by atoms with Crippen LogP contribution in [-0.2, 0) is 13.0 Å². The molecule has 2 aliphatic heterocycles. The fourth-order valence-corrected chi connectivity index (χ4v) is 3.94. The summed E-state index contributed by atoms with van der Waals surface area (Å²) in [6.45, 7) is 0.638. The minimum absolute atomic E-state index is 0.0191. The molecule has 6 nitrogen and oxygen atoms in total. The third kappa shape index (κ3) is 3.12. The van der Waals surface area contributed by atoms with Crippen molar-refractivity contribution in [3.63, 3.8) is 0 Å². The third-order valence-electron chi connectivity index (χ3n) is 4.87. The van der Waals surface area contributed by atoms with Gasteiger partial charge in [0.05, 0.1) is 23.0 Å². The van der Waals surface area contributed by atoms with E-state index in [1.807, 2.05) is 22.6 Å². The van der Waals surface area contributed by atoms with Crippen LogP contribution in [0.25, 0.3) is 0 Å². The summed E-state index contributed by atoms with van der Waals surface area (Å²) in [6.07, 6.45) is 0.471. The topological polar surface area (TPSA) is 74.6 Å². The molecule has 1 saturated heterocycles. The van der Waals surface area contributed by atoms with Gasteiger partial charge in [0.1, 0.15) is 5.82 Å². The van der Waals surface area contributed by atoms with Crippen LogP contribution >= 0.6 is 22.6 Å². The van der Waals surface area contributed by atoms with Gasteiger partial charge >= 0.3 is 0 Å². The number of β-amino-alcohol motifs (C(OH)–C–C–N with tert-alkyl or cyclic N) is 1. The molecule has 0 spiro atoms. The second-order valence-corrected chi connectivity index (χ2v) is 7.93. The van der Waals surface area contributed by atoms with Crippen LogP contribution in [0, 0.1) is 15.2 Å². The van der Waals surface area contributed by atoms with Crippen molar-refractivity contribution in [2.24, 2.45) is 0 Å². The molecule has 2 aromatic rings. The van der Waals surface area contributed by atoms with E-state index in [1.165, 1.54) is 21.6 Å². The maximum Gasteiger partial charge on any atom is 0.289 e. The minimum Gasteiger partial charge on any atom is -0.389 e. The quantitative estimate of drug-likeness (QED) is 0.652. The van der Waals surface area contributed by atoms with Gasteiger partial charge in [-0.15, -0.1) is 0 Å². The number of amides is 1. The van der Waals surface area contributed by atoms with E-state index in [0.29, 0.717) is 28.7 Å². The maximum absolute atomic E-state index is 14.9. The number of halogens is 3. The van der Waals surface area contributed by atoms with Crippen molar-refractivity contribution in [2.75, 3.05) is 18.4 Å². The number of nitrogens with zero attached hydrogens (tertiary/aromatic N) is 2. The average Bonchev–Trinajstić information content (AvgIpc) is 3.08. The summed E-state index contributed by atoms with van der Waals surface area (Å²) in [4.78, 5) is 26.7. The Labute approximate surface area is 166 Å². The molecule has 0 atom stereocenters. The summed E-state index contributed by atoms with van der Waals surface area (Å²) >= 11 is 1.95. The molecule has 1 fully saturated rings. The molecular formula is C18H16F2IN3O3. The Morgan fingerprint density at radius 3 is 2.70 bits per heavy atom. The first kappa shape index (κ1) is 18.4. The van der Waals surface area contributed by atoms with Gasteiger partial charge in [-0.05, 0) is 53.6 Å². The minimum atomic E-state index is -1.11. The summed E-state index contributed by atoms with van der Waals surface area (Å²) in [6, 6.07) is 4.34. The van der Waals surface area contributed by atoms with Gasteiger partial charge in [0.25, 0.3) is 11.5 Å². The largest absolute Gasteiger partial charge is 0.389 e. The molecule has 0 bridgehead atoms. The monoisotopic (exact) mass is 487 g/mol. The summed E-state index contributed by atoms with van der Waals surface area (Å²) in [5, 5.41) is 12.1. The van der Waals surface area contributed by atoms with Crippen LogP contribution in [0.15, 0.2) is 23.0 Å². The molecule has 2 aliphatic rings. The Balaban J connectivity index is 1.85. The molecule has 1 amide bonds. The number of benzene rings is 1. The summed E-state index contributed by atoms with van der Waals surface area (Å²) in [7, 11) is 0. The first-order valence-electron chi connectivity index (χ1n) is 8.51. The van der Waals surface area contributed by atoms with Crippen molar-refractivity contribution in [1.29, 1.82) is 0 Å². The number of aliphatic hydroxyl groups is 1. The summed E-state index contributed by atoms with van der Waals surface area (Å²) in [5.41, 5.74) is -0.666. The van der Waals surface area contributed by atoms with E-state index in [9.17, 15) is 23.5 Å². The molecule has 1 aromatic heterocycles. The molecule has 0 aliphatic carbocycles. The lowest BCUT2D eigenvalue weighted by Crippen LogP contribution is -2.54. The number of carbonyl (C=O) groups excluding carboxylic acids is 1. The van der Waals surface area contributed by atoms with Gasteiger partial charge in [-0.2, -0.15) is 4.39 Å². The predicted molar refractivity (Wildman–Crippen MR) is 103 cm³/mol. The number of likely N-dealkylation sites (tertiary alicyclic amines) is 1. The fourth-order valence-electron chi connectivity index (χ4n) is 3.49. The van der Waals surface area contributed by atoms with Crippen LogP contribution in [-0.4, -0.2) is 39.7 Å². The van der Waals surface area contributed by atoms with Gasteiger partial charge in [0, 0.05) is 28.9 Å². The second-order valence-electron chi connectivity index (χ2n) is 6.68. The Kier molecular flexibility index (Phi) is 4.66. The molecule has 2 N–H and O–H groups in total. The molecular weight excluding hydrogens is 471 g/mol. The Hall–Kier alpha value is -2.01. The van der Waals surface area contributed by atoms with Crippen LogP contribution in [0.2, 0.25) is 0 Å². The van der Waals surface area contributed by atoms with Gasteiger partial charge in [0.2, 0.25) is 5.82 Å². The van der Waals surface area contributed by atoms with Gasteiger partial charge in [-0.25, -0.2) is 4.39 Å². The number of aromatic nitrogens is 1. The Morgan fingerprint density at radius 1 is 1.30 bits per heavy atom. The van der Waals surface area contributed by atoms with E-state index in [1.54, 1.807) is 6.07 Å². The zero-order chi connectivity index (χ0) is 19.3. The van der Waals surface area contributed by atoms with Gasteiger partial charge in [-0.1, -0.05) is 0 Å². The standard InChI is InChI=1S/C18H16F2IN3O3/c19-11-6-9(21)3-4-12(11)22-16-14(17(26)23-7-10(25)8-23)13-2-1-5-24(13)18(27)15(16)20/h3-4,6,10,22,25H,1-2,5,7-8H2. The molecule has 9 heteroatoms. The lowest BCUT2D eigenvalue weighted by Gasteiger charge is -2.36. The normalized spacial score (nSPS) is 16.2. The number of hydrogen-bond donors (Lipinski definition) is 2. The smallest absolute Gasteiger partial charge is 0.289 e. The molecule has 0 saturated carbocycles. The molecule has 3 heterocycles. The predicted octanol–water partition coefficient (Wildman–Crippen LogP) is 2.24. The Bertz CT molecular complexity index is 1000. The first-order valence-corrected chi connectivity index (χ1v) is 9.59. The zero-order valence-corrected chi connectivity index (χ0v) is 16.3. The fraction of sp³-hybridized carbons (Fsp3) is 0.333. The lowest BCUT2D eigenvalue weighted by atomic mass is 10.0. The van der Waals surface area contributed by atoms with Crippen LogP contribution in [0.3, 0.4) is 0 Å². The van der Waals surface area contributed by atoms with E-state index < -0.39 is 29.2 Å². The van der Waals surface area contributed by atoms with Crippen molar-refractivity contribution < 1.29 is 18.7 Å². The van der Waals surface area contributed by atoms with Crippen LogP contribution in [0.4, 0.5) is 20.2 Å². The number of carbonyl (C=O) groups is 1. The van der Waals surface area contributed by atoms with Crippen molar-refractivity contribution in [1.82, 2.24) is 9.47 Å². The molecule has 142 valence electrons. The van der Waals surface area contributed by atoms with Crippen molar-refractivity contribution >= 4 is 39.9 Å². The molecule has 4 rings (SSSR count). The summed E-state index contributed by atoms with van der Waals surface area (Å²) in [5.74, 6) is -2.19. The number of aliphatic hydroxyl groups excluding tert-OH is 1. The van der Waals surface area contributed by atoms with Crippen LogP contribution in [0.5, 0.6) is 0 Å². The second kappa shape index (κ2) is 6.86. The van der Waals surface area contributed by atoms with Crippen molar-refractivity contribution in [3.8, 4) is 0 Å². The van der Waals surface area contributed by atoms with Gasteiger partial charge < -0.3 is 19.9 Å². The van der Waals surface area contributed by atoms with E-state index in [-0.39, 0.29) is 30.0 Å². The van der Waals surface area contributed by atoms with Crippen molar-refractivity contribution in [3.05, 3.63) is 55.0 Å². The van der Waals surface area contributed by atoms with Crippen LogP contribution in [0.1, 0.15) is 22.5 Å². The molecule has 27 heavy (non-hydrogen) atoms. The van der Waals surface area contributed by atoms with E-state index in [2.05, 4.69) is 5.32 Å². The lowest BCUT2D eigenvalue weighted by molar-refractivity contribution is 0.00581. The number of anilines is 2. The van der Waals surface area contributed by atoms with E-state index in [4.69, 9.17) is 0 Å². The van der Waals surface area contributed by atoms with E-state index in [0.717, 1.165) is 0 Å². The van der Waals surface area contributed by atoms with Crippen molar-refractivity contribution in [2.45, 2.75) is 25.5 Å². The Morgan fingerprint density at radius 2 is 2.04 bits per heavy atom. The number of rotatable bonds is 3. The number of hydrogen-bond acceptors (Lipinski definition) is 4. The van der Waals surface area contributed by atoms with Gasteiger partial charge in [-0.3, -0.25) is 9.59 Å². The number of fused-ring (bicyclic) bond motifs is 1. The highest BCUT2D eigenvalue weighted by Gasteiger charge is 2.36. The number of pyridine rings is 1. The van der Waals surface area contributed by atoms with Gasteiger partial charge in [0.15, 0.2) is 0 Å². The molecule has 1 aromatic carbocycles. The zero-order valence-electron chi connectivity index (χ0n) is 14.1. The summed E-state index contributed by atoms with van der Waals surface area (Å²) < 4.78 is 31.1. The van der Waals surface area contributed by atoms with Crippen LogP contribution < -0.4 is 10.9 Å². The maximum atomic E-state index is 14.9.